The molecule has 23 heavy (non-hydrogen) atoms. The number of hydrogen-bond donors (Lipinski definition) is 4. The first-order chi connectivity index (χ1) is 11.2. The molecule has 0 spiro atoms. The minimum absolute atomic E-state index is 0.0143. The van der Waals surface area contributed by atoms with Gasteiger partial charge >= 0.3 is 0 Å². The van der Waals surface area contributed by atoms with Crippen LogP contribution in [0, 0.1) is 11.8 Å². The molecule has 1 aromatic rings. The van der Waals surface area contributed by atoms with E-state index in [0.29, 0.717) is 17.4 Å². The molecule has 1 aromatic carbocycles. The van der Waals surface area contributed by atoms with Crippen molar-refractivity contribution in [3.8, 4) is 0 Å². The van der Waals surface area contributed by atoms with Gasteiger partial charge in [-0.3, -0.25) is 4.79 Å². The summed E-state index contributed by atoms with van der Waals surface area (Å²) in [7, 11) is 0. The molecule has 1 saturated heterocycles. The maximum absolute atomic E-state index is 12.6. The molecule has 0 unspecified atom stereocenters. The van der Waals surface area contributed by atoms with Gasteiger partial charge in [-0.15, -0.1) is 0 Å². The van der Waals surface area contributed by atoms with Gasteiger partial charge in [-0.05, 0) is 68.3 Å². The molecule has 5 heteroatoms. The van der Waals surface area contributed by atoms with Crippen molar-refractivity contribution in [1.29, 1.82) is 0 Å². The molecule has 5 nitrogen and oxygen atoms in total. The first-order valence-corrected chi connectivity index (χ1v) is 8.57. The molecule has 1 aliphatic heterocycles. The first kappa shape index (κ1) is 16.4. The van der Waals surface area contributed by atoms with E-state index in [1.165, 1.54) is 0 Å². The van der Waals surface area contributed by atoms with E-state index < -0.39 is 0 Å². The molecule has 3 rings (SSSR count). The van der Waals surface area contributed by atoms with Crippen molar-refractivity contribution in [1.82, 2.24) is 10.6 Å². The van der Waals surface area contributed by atoms with Gasteiger partial charge < -0.3 is 20.8 Å². The third kappa shape index (κ3) is 3.91. The van der Waals surface area contributed by atoms with E-state index >= 15 is 0 Å². The number of aliphatic hydroxyl groups is 2. The fourth-order valence-electron chi connectivity index (χ4n) is 3.74. The third-order valence-corrected chi connectivity index (χ3v) is 5.25. The fraction of sp³-hybridized carbons (Fsp3) is 0.611. The molecule has 0 radical (unpaired) electrons. The molecular formula is C18H26N2O3. The summed E-state index contributed by atoms with van der Waals surface area (Å²) in [6.07, 6.45) is 3.52. The van der Waals surface area contributed by atoms with Crippen LogP contribution in [0.15, 0.2) is 24.3 Å². The summed E-state index contributed by atoms with van der Waals surface area (Å²) in [4.78, 5) is 12.6. The van der Waals surface area contributed by atoms with Crippen LogP contribution < -0.4 is 10.6 Å². The fourth-order valence-corrected chi connectivity index (χ4v) is 3.74. The molecule has 4 N–H and O–H groups in total. The zero-order valence-electron chi connectivity index (χ0n) is 13.4. The second-order valence-corrected chi connectivity index (χ2v) is 6.83. The predicted octanol–water partition coefficient (Wildman–Crippen LogP) is 1.05. The number of carbonyl (C=O) groups excluding carboxylic acids is 1. The minimum Gasteiger partial charge on any atom is -0.393 e. The van der Waals surface area contributed by atoms with E-state index in [-0.39, 0.29) is 24.7 Å². The molecule has 0 aromatic heterocycles. The number of nitrogens with one attached hydrogen (secondary N) is 2. The molecule has 0 bridgehead atoms. The lowest BCUT2D eigenvalue weighted by Gasteiger charge is -2.43. The molecule has 2 aliphatic rings. The lowest BCUT2D eigenvalue weighted by Crippen LogP contribution is -2.52. The van der Waals surface area contributed by atoms with Crippen LogP contribution in [0.25, 0.3) is 0 Å². The summed E-state index contributed by atoms with van der Waals surface area (Å²) in [6, 6.07) is 7.22. The number of hydrogen-bond acceptors (Lipinski definition) is 4. The van der Waals surface area contributed by atoms with Gasteiger partial charge in [0.1, 0.15) is 0 Å². The van der Waals surface area contributed by atoms with E-state index in [0.717, 1.165) is 44.3 Å². The van der Waals surface area contributed by atoms with Gasteiger partial charge in [-0.1, -0.05) is 12.1 Å². The van der Waals surface area contributed by atoms with Crippen LogP contribution in [0.1, 0.15) is 41.6 Å². The van der Waals surface area contributed by atoms with Crippen molar-refractivity contribution in [2.24, 2.45) is 11.8 Å². The Morgan fingerprint density at radius 1 is 1.17 bits per heavy atom. The molecule has 126 valence electrons. The largest absolute Gasteiger partial charge is 0.393 e. The molecule has 1 heterocycles. The highest BCUT2D eigenvalue weighted by molar-refractivity contribution is 5.94. The van der Waals surface area contributed by atoms with Crippen LogP contribution in [0.2, 0.25) is 0 Å². The molecule has 1 atom stereocenters. The Labute approximate surface area is 137 Å². The maximum atomic E-state index is 12.6. The predicted molar refractivity (Wildman–Crippen MR) is 87.9 cm³/mol. The van der Waals surface area contributed by atoms with Gasteiger partial charge in [0.25, 0.3) is 5.91 Å². The summed E-state index contributed by atoms with van der Waals surface area (Å²) >= 11 is 0. The van der Waals surface area contributed by atoms with Crippen LogP contribution in [0.3, 0.4) is 0 Å². The quantitative estimate of drug-likeness (QED) is 0.654. The second-order valence-electron chi connectivity index (χ2n) is 6.83. The molecule has 1 saturated carbocycles. The highest BCUT2D eigenvalue weighted by Crippen LogP contribution is 2.35. The number of aliphatic hydroxyl groups excluding tert-OH is 2. The highest BCUT2D eigenvalue weighted by Gasteiger charge is 2.39. The number of benzene rings is 1. The first-order valence-electron chi connectivity index (χ1n) is 8.57. The Hall–Kier alpha value is -1.43. The van der Waals surface area contributed by atoms with Gasteiger partial charge in [-0.25, -0.2) is 0 Å². The standard InChI is InChI=1S/C18H26N2O3/c21-11-12-1-3-14(4-2-12)18(23)20-17(15-9-16(22)10-15)13-5-7-19-8-6-13/h1-4,13,15-17,19,21-22H,5-11H2,(H,20,23)/t15?,16?,17-/m1/s1. The monoisotopic (exact) mass is 318 g/mol. The third-order valence-electron chi connectivity index (χ3n) is 5.25. The summed E-state index contributed by atoms with van der Waals surface area (Å²) in [6.45, 7) is 1.98. The SMILES string of the molecule is O=C(N[C@H](C1CCNCC1)C1CC(O)C1)c1ccc(CO)cc1. The maximum Gasteiger partial charge on any atom is 0.251 e. The number of amides is 1. The Kier molecular flexibility index (Phi) is 5.30. The molecule has 2 fully saturated rings. The average molecular weight is 318 g/mol. The van der Waals surface area contributed by atoms with Crippen LogP contribution in [0.5, 0.6) is 0 Å². The van der Waals surface area contributed by atoms with Gasteiger partial charge in [0.15, 0.2) is 0 Å². The van der Waals surface area contributed by atoms with E-state index in [1.54, 1.807) is 24.3 Å². The normalized spacial score (nSPS) is 26.3. The van der Waals surface area contributed by atoms with Crippen molar-refractivity contribution in [2.45, 2.75) is 44.4 Å². The Bertz CT molecular complexity index is 520. The topological polar surface area (TPSA) is 81.6 Å². The van der Waals surface area contributed by atoms with E-state index in [9.17, 15) is 9.90 Å². The highest BCUT2D eigenvalue weighted by atomic mass is 16.3. The van der Waals surface area contributed by atoms with Crippen LogP contribution in [-0.2, 0) is 6.61 Å². The zero-order chi connectivity index (χ0) is 16.2. The summed E-state index contributed by atoms with van der Waals surface area (Å²) in [5, 5.41) is 25.3. The minimum atomic E-state index is -0.204. The van der Waals surface area contributed by atoms with Gasteiger partial charge in [-0.2, -0.15) is 0 Å². The average Bonchev–Trinajstić information content (AvgIpc) is 2.58. The zero-order valence-corrected chi connectivity index (χ0v) is 13.4. The smallest absolute Gasteiger partial charge is 0.251 e. The van der Waals surface area contributed by atoms with Crippen molar-refractivity contribution >= 4 is 5.91 Å². The van der Waals surface area contributed by atoms with Crippen molar-refractivity contribution < 1.29 is 15.0 Å². The summed E-state index contributed by atoms with van der Waals surface area (Å²) in [5.41, 5.74) is 1.43. The number of carbonyl (C=O) groups is 1. The molecule has 1 aliphatic carbocycles. The van der Waals surface area contributed by atoms with Gasteiger partial charge in [0.05, 0.1) is 12.7 Å². The van der Waals surface area contributed by atoms with Crippen molar-refractivity contribution in [3.05, 3.63) is 35.4 Å². The van der Waals surface area contributed by atoms with Crippen molar-refractivity contribution in [2.75, 3.05) is 13.1 Å². The van der Waals surface area contributed by atoms with Gasteiger partial charge in [0.2, 0.25) is 0 Å². The van der Waals surface area contributed by atoms with E-state index in [1.807, 2.05) is 0 Å². The lowest BCUT2D eigenvalue weighted by molar-refractivity contribution is 0.00919. The van der Waals surface area contributed by atoms with Crippen molar-refractivity contribution in [3.63, 3.8) is 0 Å². The Morgan fingerprint density at radius 3 is 2.39 bits per heavy atom. The van der Waals surface area contributed by atoms with Crippen LogP contribution in [-0.4, -0.2) is 41.4 Å². The Morgan fingerprint density at radius 2 is 1.83 bits per heavy atom. The number of rotatable bonds is 5. The summed E-state index contributed by atoms with van der Waals surface area (Å²) < 4.78 is 0. The van der Waals surface area contributed by atoms with Crippen LogP contribution in [0.4, 0.5) is 0 Å². The molecule has 1 amide bonds. The Balaban J connectivity index is 1.67. The number of piperidine rings is 1. The second kappa shape index (κ2) is 7.43. The van der Waals surface area contributed by atoms with Gasteiger partial charge in [0, 0.05) is 11.6 Å². The molecular weight excluding hydrogens is 292 g/mol. The van der Waals surface area contributed by atoms with E-state index in [2.05, 4.69) is 10.6 Å². The van der Waals surface area contributed by atoms with Crippen LogP contribution >= 0.6 is 0 Å². The van der Waals surface area contributed by atoms with E-state index in [4.69, 9.17) is 5.11 Å². The summed E-state index contributed by atoms with van der Waals surface area (Å²) in [5.74, 6) is 0.808. The lowest BCUT2D eigenvalue weighted by atomic mass is 9.71.